The summed E-state index contributed by atoms with van der Waals surface area (Å²) in [6.45, 7) is 4.23. The second kappa shape index (κ2) is 8.86. The molecule has 0 aliphatic carbocycles. The van der Waals surface area contributed by atoms with Crippen molar-refractivity contribution in [2.75, 3.05) is 11.4 Å². The van der Waals surface area contributed by atoms with E-state index in [1.54, 1.807) is 33.6 Å². The summed E-state index contributed by atoms with van der Waals surface area (Å²) in [5.74, 6) is -0.0974. The number of benzene rings is 2. The van der Waals surface area contributed by atoms with Crippen molar-refractivity contribution >= 4 is 45.3 Å². The molecule has 0 atom stereocenters. The van der Waals surface area contributed by atoms with E-state index in [2.05, 4.69) is 12.6 Å². The van der Waals surface area contributed by atoms with E-state index in [1.165, 1.54) is 0 Å². The summed E-state index contributed by atoms with van der Waals surface area (Å²) in [7, 11) is 0. The Morgan fingerprint density at radius 2 is 1.50 bits per heavy atom. The van der Waals surface area contributed by atoms with Crippen molar-refractivity contribution in [3.05, 3.63) is 102 Å². The van der Waals surface area contributed by atoms with Crippen LogP contribution in [0.4, 0.5) is 5.69 Å². The molecule has 2 aromatic carbocycles. The average molecular weight is 454 g/mol. The number of fused-ring (bicyclic) bond motifs is 1. The van der Waals surface area contributed by atoms with Gasteiger partial charge >= 0.3 is 0 Å². The largest absolute Gasteiger partial charge is 0.305 e. The van der Waals surface area contributed by atoms with E-state index in [1.807, 2.05) is 77.5 Å². The van der Waals surface area contributed by atoms with E-state index in [0.717, 1.165) is 32.3 Å². The van der Waals surface area contributed by atoms with Crippen molar-refractivity contribution in [1.29, 1.82) is 0 Å². The number of rotatable bonds is 6. The molecule has 3 heterocycles. The molecule has 0 unspecified atom stereocenters. The van der Waals surface area contributed by atoms with E-state index in [9.17, 15) is 4.79 Å². The van der Waals surface area contributed by atoms with Gasteiger partial charge in [0.2, 0.25) is 0 Å². The van der Waals surface area contributed by atoms with Gasteiger partial charge in [0.25, 0.3) is 5.91 Å². The van der Waals surface area contributed by atoms with Crippen LogP contribution in [0, 0.1) is 0 Å². The number of hydrogen-bond acceptors (Lipinski definition) is 5. The van der Waals surface area contributed by atoms with Gasteiger partial charge in [-0.25, -0.2) is 9.97 Å². The Morgan fingerprint density at radius 1 is 0.844 bits per heavy atom. The Kier molecular flexibility index (Phi) is 5.62. The van der Waals surface area contributed by atoms with Gasteiger partial charge in [0.05, 0.1) is 20.8 Å². The monoisotopic (exact) mass is 453 g/mol. The van der Waals surface area contributed by atoms with Crippen LogP contribution < -0.4 is 4.90 Å². The van der Waals surface area contributed by atoms with Crippen LogP contribution in [0.2, 0.25) is 0 Å². The molecule has 0 saturated heterocycles. The maximum Gasteiger partial charge on any atom is 0.258 e. The molecule has 5 rings (SSSR count). The summed E-state index contributed by atoms with van der Waals surface area (Å²) in [6.07, 6.45) is 1.73. The molecule has 3 aromatic heterocycles. The lowest BCUT2D eigenvalue weighted by atomic mass is 10.1. The van der Waals surface area contributed by atoms with E-state index in [4.69, 9.17) is 9.97 Å². The van der Waals surface area contributed by atoms with E-state index in [-0.39, 0.29) is 5.91 Å². The summed E-state index contributed by atoms with van der Waals surface area (Å²) in [5, 5.41) is 4.07. The van der Waals surface area contributed by atoms with Crippen LogP contribution in [0.25, 0.3) is 32.2 Å². The molecule has 1 amide bonds. The smallest absolute Gasteiger partial charge is 0.258 e. The third-order valence-electron chi connectivity index (χ3n) is 5.05. The van der Waals surface area contributed by atoms with Crippen LogP contribution in [0.1, 0.15) is 10.4 Å². The van der Waals surface area contributed by atoms with Crippen LogP contribution in [0.3, 0.4) is 0 Å². The lowest BCUT2D eigenvalue weighted by Crippen LogP contribution is -2.31. The molecule has 5 aromatic rings. The van der Waals surface area contributed by atoms with E-state index in [0.29, 0.717) is 17.6 Å². The fourth-order valence-corrected chi connectivity index (χ4v) is 4.99. The minimum absolute atomic E-state index is 0.0974. The third-order valence-corrected chi connectivity index (χ3v) is 6.80. The van der Waals surface area contributed by atoms with Gasteiger partial charge in [-0.3, -0.25) is 4.79 Å². The van der Waals surface area contributed by atoms with Gasteiger partial charge < -0.3 is 4.90 Å². The molecule has 32 heavy (non-hydrogen) atoms. The first kappa shape index (κ1) is 20.3. The summed E-state index contributed by atoms with van der Waals surface area (Å²) in [6, 6.07) is 23.3. The number of aromatic nitrogens is 2. The summed E-state index contributed by atoms with van der Waals surface area (Å²) < 4.78 is 0. The molecule has 4 nitrogen and oxygen atoms in total. The molecule has 0 fully saturated rings. The zero-order valence-corrected chi connectivity index (χ0v) is 18.8. The normalized spacial score (nSPS) is 10.9. The van der Waals surface area contributed by atoms with Crippen molar-refractivity contribution in [3.63, 3.8) is 0 Å². The Morgan fingerprint density at radius 3 is 2.09 bits per heavy atom. The van der Waals surface area contributed by atoms with Crippen LogP contribution in [0.5, 0.6) is 0 Å². The Bertz CT molecular complexity index is 1380. The third kappa shape index (κ3) is 3.86. The number of thiophene rings is 2. The van der Waals surface area contributed by atoms with Crippen LogP contribution in [-0.2, 0) is 0 Å². The molecule has 156 valence electrons. The first-order valence-corrected chi connectivity index (χ1v) is 11.9. The second-order valence-electron chi connectivity index (χ2n) is 7.12. The van der Waals surface area contributed by atoms with Crippen molar-refractivity contribution in [2.45, 2.75) is 0 Å². The second-order valence-corrected chi connectivity index (χ2v) is 9.01. The molecule has 0 spiro atoms. The number of carbonyl (C=O) groups excluding carboxylic acids is 1. The van der Waals surface area contributed by atoms with Crippen molar-refractivity contribution in [2.24, 2.45) is 0 Å². The maximum atomic E-state index is 13.4. The quantitative estimate of drug-likeness (QED) is 0.262. The topological polar surface area (TPSA) is 46.1 Å². The highest BCUT2D eigenvalue weighted by atomic mass is 32.1. The van der Waals surface area contributed by atoms with Crippen LogP contribution >= 0.6 is 22.7 Å². The standard InChI is InChI=1S/C26H19N3OS2/c1-2-14-29(19-8-4-3-5-9-19)26(30)18-12-13-20-21(17-18)28-25(23-11-7-16-32-23)24(27-20)22-10-6-15-31-22/h2-13,15-17H,1,14H2. The number of carbonyl (C=O) groups is 1. The SMILES string of the molecule is C=CCN(C(=O)c1ccc2nc(-c3cccs3)c(-c3cccs3)nc2c1)c1ccccc1. The highest BCUT2D eigenvalue weighted by molar-refractivity contribution is 7.14. The highest BCUT2D eigenvalue weighted by Crippen LogP contribution is 2.35. The van der Waals surface area contributed by atoms with Gasteiger partial charge in [-0.1, -0.05) is 36.4 Å². The molecule has 0 bridgehead atoms. The minimum Gasteiger partial charge on any atom is -0.305 e. The van der Waals surface area contributed by atoms with Crippen molar-refractivity contribution < 1.29 is 4.79 Å². The zero-order chi connectivity index (χ0) is 21.9. The lowest BCUT2D eigenvalue weighted by molar-refractivity contribution is 0.0990. The molecule has 0 saturated carbocycles. The first-order valence-electron chi connectivity index (χ1n) is 10.1. The Labute approximate surface area is 194 Å². The van der Waals surface area contributed by atoms with Gasteiger partial charge in [0.15, 0.2) is 0 Å². The fourth-order valence-electron chi connectivity index (χ4n) is 3.56. The lowest BCUT2D eigenvalue weighted by Gasteiger charge is -2.21. The fraction of sp³-hybridized carbons (Fsp3) is 0.0385. The molecule has 0 aliphatic rings. The van der Waals surface area contributed by atoms with E-state index < -0.39 is 0 Å². The average Bonchev–Trinajstić information content (AvgIpc) is 3.56. The number of anilines is 1. The zero-order valence-electron chi connectivity index (χ0n) is 17.1. The van der Waals surface area contributed by atoms with E-state index >= 15 is 0 Å². The first-order chi connectivity index (χ1) is 15.7. The Hall–Kier alpha value is -3.61. The Balaban J connectivity index is 1.61. The minimum atomic E-state index is -0.0974. The van der Waals surface area contributed by atoms with Gasteiger partial charge in [-0.2, -0.15) is 0 Å². The molecule has 6 heteroatoms. The predicted octanol–water partition coefficient (Wildman–Crippen LogP) is 6.92. The molecular weight excluding hydrogens is 434 g/mol. The molecule has 0 N–H and O–H groups in total. The van der Waals surface area contributed by atoms with Crippen molar-refractivity contribution in [3.8, 4) is 21.1 Å². The predicted molar refractivity (Wildman–Crippen MR) is 134 cm³/mol. The number of para-hydroxylation sites is 1. The van der Waals surface area contributed by atoms with Gasteiger partial charge in [0.1, 0.15) is 11.4 Å². The van der Waals surface area contributed by atoms with Gasteiger partial charge in [-0.05, 0) is 53.2 Å². The van der Waals surface area contributed by atoms with Gasteiger partial charge in [0, 0.05) is 17.8 Å². The summed E-state index contributed by atoms with van der Waals surface area (Å²) >= 11 is 3.27. The van der Waals surface area contributed by atoms with Crippen LogP contribution in [-0.4, -0.2) is 22.4 Å². The van der Waals surface area contributed by atoms with Gasteiger partial charge in [-0.15, -0.1) is 29.3 Å². The molecular formula is C26H19N3OS2. The number of hydrogen-bond donors (Lipinski definition) is 0. The maximum absolute atomic E-state index is 13.4. The van der Waals surface area contributed by atoms with Crippen molar-refractivity contribution in [1.82, 2.24) is 9.97 Å². The highest BCUT2D eigenvalue weighted by Gasteiger charge is 2.19. The summed E-state index contributed by atoms with van der Waals surface area (Å²) in [4.78, 5) is 27.1. The molecule has 0 aliphatic heterocycles. The molecule has 0 radical (unpaired) electrons. The number of nitrogens with zero attached hydrogens (tertiary/aromatic N) is 3. The van der Waals surface area contributed by atoms with Crippen LogP contribution in [0.15, 0.2) is 96.2 Å². The number of amides is 1. The summed E-state index contributed by atoms with van der Waals surface area (Å²) in [5.41, 5.74) is 4.57.